The van der Waals surface area contributed by atoms with E-state index in [-0.39, 0.29) is 16.8 Å². The second-order valence-corrected chi connectivity index (χ2v) is 9.03. The van der Waals surface area contributed by atoms with Crippen LogP contribution in [0.2, 0.25) is 0 Å². The topological polar surface area (TPSA) is 54.4 Å². The van der Waals surface area contributed by atoms with E-state index in [2.05, 4.69) is 6.92 Å². The molecule has 1 fully saturated rings. The smallest absolute Gasteiger partial charge is 0.154 e. The van der Waals surface area contributed by atoms with Gasteiger partial charge in [-0.3, -0.25) is 0 Å². The van der Waals surface area contributed by atoms with Gasteiger partial charge in [-0.1, -0.05) is 51.9 Å². The van der Waals surface area contributed by atoms with E-state index in [0.29, 0.717) is 0 Å². The fourth-order valence-corrected chi connectivity index (χ4v) is 6.16. The first-order chi connectivity index (χ1) is 9.05. The van der Waals surface area contributed by atoms with Crippen molar-refractivity contribution in [2.45, 2.75) is 69.6 Å². The molecule has 1 aliphatic heterocycles. The zero-order chi connectivity index (χ0) is 14.1. The van der Waals surface area contributed by atoms with Gasteiger partial charge in [-0.2, -0.15) is 11.8 Å². The molecule has 0 aliphatic carbocycles. The van der Waals surface area contributed by atoms with Gasteiger partial charge >= 0.3 is 0 Å². The van der Waals surface area contributed by atoms with Gasteiger partial charge in [0.25, 0.3) is 0 Å². The van der Waals surface area contributed by atoms with E-state index >= 15 is 0 Å². The van der Waals surface area contributed by atoms with Crippen LogP contribution in [0.3, 0.4) is 0 Å². The van der Waals surface area contributed by atoms with Gasteiger partial charge in [0, 0.05) is 5.25 Å². The zero-order valence-corrected chi connectivity index (χ0v) is 13.6. The summed E-state index contributed by atoms with van der Waals surface area (Å²) in [6.07, 6.45) is 9.69. The molecule has 1 saturated heterocycles. The molecule has 0 bridgehead atoms. The maximum absolute atomic E-state index is 11.3. The predicted octanol–water partition coefficient (Wildman–Crippen LogP) is 3.02. The molecule has 1 heterocycles. The van der Waals surface area contributed by atoms with E-state index in [1.54, 1.807) is 11.8 Å². The third-order valence-electron chi connectivity index (χ3n) is 3.60. The summed E-state index contributed by atoms with van der Waals surface area (Å²) < 4.78 is 22.7. The van der Waals surface area contributed by atoms with Crippen molar-refractivity contribution in [1.82, 2.24) is 0 Å². The Hall–Kier alpha value is 0.260. The molecule has 0 spiro atoms. The maximum atomic E-state index is 11.3. The highest BCUT2D eigenvalue weighted by atomic mass is 32.2. The average molecular weight is 309 g/mol. The van der Waals surface area contributed by atoms with Crippen molar-refractivity contribution in [3.63, 3.8) is 0 Å². The summed E-state index contributed by atoms with van der Waals surface area (Å²) in [5.41, 5.74) is 0. The lowest BCUT2D eigenvalue weighted by Crippen LogP contribution is -2.20. The van der Waals surface area contributed by atoms with Crippen LogP contribution in [-0.4, -0.2) is 42.1 Å². The minimum Gasteiger partial charge on any atom is -0.391 e. The summed E-state index contributed by atoms with van der Waals surface area (Å²) in [7, 11) is -2.98. The van der Waals surface area contributed by atoms with E-state index in [1.165, 1.54) is 44.9 Å². The van der Waals surface area contributed by atoms with Crippen LogP contribution in [0.25, 0.3) is 0 Å². The maximum Gasteiger partial charge on any atom is 0.154 e. The van der Waals surface area contributed by atoms with Gasteiger partial charge < -0.3 is 5.11 Å². The van der Waals surface area contributed by atoms with Crippen molar-refractivity contribution in [3.05, 3.63) is 0 Å². The lowest BCUT2D eigenvalue weighted by molar-refractivity contribution is 0.207. The molecule has 0 aromatic heterocycles. The third kappa shape index (κ3) is 7.57. The molecule has 0 aromatic carbocycles. The molecule has 0 radical (unpaired) electrons. The van der Waals surface area contributed by atoms with Crippen molar-refractivity contribution >= 4 is 21.6 Å². The number of sulfone groups is 1. The molecule has 2 atom stereocenters. The average Bonchev–Trinajstić information content (AvgIpc) is 2.60. The van der Waals surface area contributed by atoms with Crippen LogP contribution >= 0.6 is 11.8 Å². The molecule has 3 nitrogen and oxygen atoms in total. The molecule has 0 aromatic rings. The summed E-state index contributed by atoms with van der Waals surface area (Å²) in [4.78, 5) is 0. The fraction of sp³-hybridized carbons (Fsp3) is 1.00. The summed E-state index contributed by atoms with van der Waals surface area (Å²) in [6, 6.07) is 0. The molecular formula is C14H28O3S2. The van der Waals surface area contributed by atoms with E-state index in [9.17, 15) is 13.5 Å². The lowest BCUT2D eigenvalue weighted by atomic mass is 10.1. The van der Waals surface area contributed by atoms with E-state index in [0.717, 1.165) is 12.2 Å². The van der Waals surface area contributed by atoms with Crippen molar-refractivity contribution < 1.29 is 13.5 Å². The SMILES string of the molecule is CCCCCCCCCCSC1CS(=O)(=O)CC1O. The Labute approximate surface area is 122 Å². The van der Waals surface area contributed by atoms with Crippen molar-refractivity contribution in [2.24, 2.45) is 0 Å². The minimum absolute atomic E-state index is 0.0396. The molecule has 2 unspecified atom stereocenters. The summed E-state index contributed by atoms with van der Waals surface area (Å²) in [5.74, 6) is 1.10. The van der Waals surface area contributed by atoms with Crippen LogP contribution in [-0.2, 0) is 9.84 Å². The number of aliphatic hydroxyl groups is 1. The number of aliphatic hydroxyl groups excluding tert-OH is 1. The van der Waals surface area contributed by atoms with E-state index in [4.69, 9.17) is 0 Å². The molecule has 1 rings (SSSR count). The summed E-state index contributed by atoms with van der Waals surface area (Å²) >= 11 is 1.64. The first-order valence-corrected chi connectivity index (χ1v) is 10.4. The summed E-state index contributed by atoms with van der Waals surface area (Å²) in [6.45, 7) is 2.23. The number of rotatable bonds is 10. The number of unbranched alkanes of at least 4 members (excludes halogenated alkanes) is 7. The fourth-order valence-electron chi connectivity index (χ4n) is 2.43. The van der Waals surface area contributed by atoms with Crippen LogP contribution in [0.15, 0.2) is 0 Å². The second kappa shape index (κ2) is 9.24. The molecule has 114 valence electrons. The van der Waals surface area contributed by atoms with Gasteiger partial charge in [0.15, 0.2) is 9.84 Å². The highest BCUT2D eigenvalue weighted by Crippen LogP contribution is 2.26. The molecule has 5 heteroatoms. The zero-order valence-electron chi connectivity index (χ0n) is 12.0. The van der Waals surface area contributed by atoms with Crippen molar-refractivity contribution in [1.29, 1.82) is 0 Å². The van der Waals surface area contributed by atoms with Gasteiger partial charge in [0.1, 0.15) is 0 Å². The number of hydrogen-bond donors (Lipinski definition) is 1. The van der Waals surface area contributed by atoms with Gasteiger partial charge in [-0.25, -0.2) is 8.42 Å². The highest BCUT2D eigenvalue weighted by Gasteiger charge is 2.36. The standard InChI is InChI=1S/C14H28O3S2/c1-2-3-4-5-6-7-8-9-10-18-14-12-19(16,17)11-13(14)15/h13-15H,2-12H2,1H3. The van der Waals surface area contributed by atoms with Crippen LogP contribution in [0, 0.1) is 0 Å². The first kappa shape index (κ1) is 17.3. The minimum atomic E-state index is -2.98. The van der Waals surface area contributed by atoms with Gasteiger partial charge in [-0.05, 0) is 12.2 Å². The van der Waals surface area contributed by atoms with Crippen LogP contribution in [0.1, 0.15) is 58.3 Å². The largest absolute Gasteiger partial charge is 0.391 e. The molecular weight excluding hydrogens is 280 g/mol. The molecule has 1 N–H and O–H groups in total. The van der Waals surface area contributed by atoms with Gasteiger partial charge in [0.05, 0.1) is 17.6 Å². The second-order valence-electron chi connectivity index (χ2n) is 5.53. The number of hydrogen-bond acceptors (Lipinski definition) is 4. The van der Waals surface area contributed by atoms with Gasteiger partial charge in [-0.15, -0.1) is 0 Å². The Morgan fingerprint density at radius 3 is 2.11 bits per heavy atom. The third-order valence-corrected chi connectivity index (χ3v) is 6.96. The number of thioether (sulfide) groups is 1. The molecule has 1 aliphatic rings. The quantitative estimate of drug-likeness (QED) is 0.630. The Morgan fingerprint density at radius 2 is 1.58 bits per heavy atom. The van der Waals surface area contributed by atoms with Crippen LogP contribution in [0.4, 0.5) is 0 Å². The molecule has 19 heavy (non-hydrogen) atoms. The lowest BCUT2D eigenvalue weighted by Gasteiger charge is -2.11. The van der Waals surface area contributed by atoms with Crippen LogP contribution in [0.5, 0.6) is 0 Å². The summed E-state index contributed by atoms with van der Waals surface area (Å²) in [5, 5.41) is 9.56. The highest BCUT2D eigenvalue weighted by molar-refractivity contribution is 8.01. The van der Waals surface area contributed by atoms with Crippen LogP contribution < -0.4 is 0 Å². The van der Waals surface area contributed by atoms with E-state index < -0.39 is 15.9 Å². The van der Waals surface area contributed by atoms with Crippen molar-refractivity contribution in [2.75, 3.05) is 17.3 Å². The first-order valence-electron chi connectivity index (χ1n) is 7.55. The van der Waals surface area contributed by atoms with E-state index in [1.807, 2.05) is 0 Å². The van der Waals surface area contributed by atoms with Crippen molar-refractivity contribution in [3.8, 4) is 0 Å². The predicted molar refractivity (Wildman–Crippen MR) is 83.5 cm³/mol. The Kier molecular flexibility index (Phi) is 8.42. The Balaban J connectivity index is 1.94. The molecule has 0 saturated carbocycles. The Bertz CT molecular complexity index is 328. The Morgan fingerprint density at radius 1 is 1.00 bits per heavy atom. The van der Waals surface area contributed by atoms with Gasteiger partial charge in [0.2, 0.25) is 0 Å². The normalized spacial score (nSPS) is 25.8. The molecule has 0 amide bonds. The monoisotopic (exact) mass is 308 g/mol.